The molecule has 0 aromatic heterocycles. The van der Waals surface area contributed by atoms with E-state index >= 15 is 0 Å². The number of rotatable bonds is 2. The molecule has 84 valence electrons. The van der Waals surface area contributed by atoms with Crippen LogP contribution in [0.3, 0.4) is 0 Å². The topological polar surface area (TPSA) is 31.5 Å². The van der Waals surface area contributed by atoms with E-state index in [9.17, 15) is 0 Å². The highest BCUT2D eigenvalue weighted by Crippen LogP contribution is 2.35. The fourth-order valence-corrected chi connectivity index (χ4v) is 2.66. The van der Waals surface area contributed by atoms with Crippen LogP contribution >= 0.6 is 0 Å². The minimum atomic E-state index is 0. The second-order valence-electron chi connectivity index (χ2n) is 4.60. The van der Waals surface area contributed by atoms with Gasteiger partial charge in [0.15, 0.2) is 0 Å². The van der Waals surface area contributed by atoms with Gasteiger partial charge in [-0.1, -0.05) is 56.5 Å². The second-order valence-corrected chi connectivity index (χ2v) is 4.60. The van der Waals surface area contributed by atoms with Gasteiger partial charge in [0.2, 0.25) is 0 Å². The monoisotopic (exact) mass is 206 g/mol. The summed E-state index contributed by atoms with van der Waals surface area (Å²) in [5.74, 6) is 1.70. The van der Waals surface area contributed by atoms with Crippen LogP contribution in [0.15, 0.2) is 30.3 Å². The molecule has 1 saturated carbocycles. The predicted octanol–water partition coefficient (Wildman–Crippen LogP) is 3.55. The minimum Gasteiger partial charge on any atom is -0.412 e. The Morgan fingerprint density at radius 1 is 1.00 bits per heavy atom. The Kier molecular flexibility index (Phi) is 4.83. The molecule has 1 fully saturated rings. The lowest BCUT2D eigenvalue weighted by molar-refractivity contribution is 0.316. The van der Waals surface area contributed by atoms with Gasteiger partial charge in [0.05, 0.1) is 0 Å². The molecule has 0 heterocycles. The molecule has 1 aromatic rings. The van der Waals surface area contributed by atoms with Crippen molar-refractivity contribution in [2.75, 3.05) is 0 Å². The Hall–Kier alpha value is -0.820. The molecule has 1 aliphatic carbocycles. The zero-order chi connectivity index (χ0) is 9.80. The van der Waals surface area contributed by atoms with Crippen molar-refractivity contribution in [1.82, 2.24) is 0 Å². The molecule has 1 aliphatic rings. The number of hydrogen-bond donors (Lipinski definition) is 0. The van der Waals surface area contributed by atoms with Crippen LogP contribution in [0.25, 0.3) is 0 Å². The van der Waals surface area contributed by atoms with E-state index in [1.165, 1.54) is 37.7 Å². The molecule has 0 spiro atoms. The molecule has 1 nitrogen and oxygen atoms in total. The van der Waals surface area contributed by atoms with Crippen molar-refractivity contribution in [3.63, 3.8) is 0 Å². The maximum absolute atomic E-state index is 2.39. The lowest BCUT2D eigenvalue weighted by Crippen LogP contribution is -2.13. The molecular weight excluding hydrogens is 184 g/mol. The molecule has 0 unspecified atom stereocenters. The van der Waals surface area contributed by atoms with Gasteiger partial charge in [-0.3, -0.25) is 0 Å². The highest BCUT2D eigenvalue weighted by molar-refractivity contribution is 5.19. The summed E-state index contributed by atoms with van der Waals surface area (Å²) in [5.41, 5.74) is 1.53. The largest absolute Gasteiger partial charge is 0.412 e. The number of hydrogen-bond acceptors (Lipinski definition) is 0. The standard InChI is InChI=1S/C14H20.H2O/c1-12(13-8-4-2-5-9-13)14-10-6-3-7-11-14;/h2,4-5,8-9,12,14H,3,6-7,10-11H2,1H3;1H2/t12-;/m0./s1. The molecule has 1 atom stereocenters. The molecule has 15 heavy (non-hydrogen) atoms. The SMILES string of the molecule is C[C@@H](c1ccccc1)C1CCCCC1.O. The Morgan fingerprint density at radius 3 is 2.20 bits per heavy atom. The van der Waals surface area contributed by atoms with E-state index in [0.29, 0.717) is 0 Å². The fraction of sp³-hybridized carbons (Fsp3) is 0.571. The number of benzene rings is 1. The van der Waals surface area contributed by atoms with Crippen molar-refractivity contribution in [3.8, 4) is 0 Å². The summed E-state index contributed by atoms with van der Waals surface area (Å²) in [6.07, 6.45) is 7.23. The molecule has 0 bridgehead atoms. The van der Waals surface area contributed by atoms with Gasteiger partial charge < -0.3 is 5.48 Å². The Balaban J connectivity index is 0.00000112. The molecule has 0 saturated heterocycles. The van der Waals surface area contributed by atoms with Gasteiger partial charge in [-0.25, -0.2) is 0 Å². The van der Waals surface area contributed by atoms with Gasteiger partial charge in [0.1, 0.15) is 0 Å². The van der Waals surface area contributed by atoms with E-state index in [0.717, 1.165) is 11.8 Å². The predicted molar refractivity (Wildman–Crippen MR) is 65.0 cm³/mol. The Morgan fingerprint density at radius 2 is 1.60 bits per heavy atom. The van der Waals surface area contributed by atoms with Crippen LogP contribution in [0.1, 0.15) is 50.5 Å². The van der Waals surface area contributed by atoms with Crippen molar-refractivity contribution in [2.45, 2.75) is 44.9 Å². The van der Waals surface area contributed by atoms with Gasteiger partial charge in [-0.15, -0.1) is 0 Å². The van der Waals surface area contributed by atoms with Gasteiger partial charge in [0.25, 0.3) is 0 Å². The van der Waals surface area contributed by atoms with Gasteiger partial charge in [0, 0.05) is 0 Å². The van der Waals surface area contributed by atoms with Crippen LogP contribution in [0.2, 0.25) is 0 Å². The van der Waals surface area contributed by atoms with E-state index < -0.39 is 0 Å². The average molecular weight is 206 g/mol. The first-order valence-electron chi connectivity index (χ1n) is 5.93. The quantitative estimate of drug-likeness (QED) is 0.709. The smallest absolute Gasteiger partial charge is 0.0162 e. The van der Waals surface area contributed by atoms with E-state index in [4.69, 9.17) is 0 Å². The minimum absolute atomic E-state index is 0. The van der Waals surface area contributed by atoms with Crippen molar-refractivity contribution >= 4 is 0 Å². The van der Waals surface area contributed by atoms with Gasteiger partial charge >= 0.3 is 0 Å². The third-order valence-corrected chi connectivity index (χ3v) is 3.68. The van der Waals surface area contributed by atoms with Gasteiger partial charge in [-0.05, 0) is 30.2 Å². The van der Waals surface area contributed by atoms with Crippen LogP contribution < -0.4 is 0 Å². The zero-order valence-electron chi connectivity index (χ0n) is 9.58. The summed E-state index contributed by atoms with van der Waals surface area (Å²) in [6, 6.07) is 11.0. The molecule has 0 radical (unpaired) electrons. The van der Waals surface area contributed by atoms with Crippen molar-refractivity contribution in [3.05, 3.63) is 35.9 Å². The zero-order valence-corrected chi connectivity index (χ0v) is 9.58. The molecule has 0 amide bonds. The second kappa shape index (κ2) is 5.92. The fourth-order valence-electron chi connectivity index (χ4n) is 2.66. The molecule has 2 N–H and O–H groups in total. The summed E-state index contributed by atoms with van der Waals surface area (Å²) >= 11 is 0. The molecule has 2 rings (SSSR count). The van der Waals surface area contributed by atoms with Crippen LogP contribution in [0, 0.1) is 5.92 Å². The maximum atomic E-state index is 2.39. The van der Waals surface area contributed by atoms with Gasteiger partial charge in [-0.2, -0.15) is 0 Å². The summed E-state index contributed by atoms with van der Waals surface area (Å²) in [5, 5.41) is 0. The third kappa shape index (κ3) is 3.07. The Labute approximate surface area is 92.8 Å². The average Bonchev–Trinajstić information content (AvgIpc) is 2.30. The lowest BCUT2D eigenvalue weighted by Gasteiger charge is -2.27. The third-order valence-electron chi connectivity index (χ3n) is 3.68. The van der Waals surface area contributed by atoms with E-state index in [1.54, 1.807) is 0 Å². The highest BCUT2D eigenvalue weighted by atomic mass is 16.0. The van der Waals surface area contributed by atoms with Crippen LogP contribution in [0.4, 0.5) is 0 Å². The van der Waals surface area contributed by atoms with Crippen molar-refractivity contribution in [2.24, 2.45) is 5.92 Å². The summed E-state index contributed by atoms with van der Waals surface area (Å²) < 4.78 is 0. The van der Waals surface area contributed by atoms with E-state index in [2.05, 4.69) is 37.3 Å². The van der Waals surface area contributed by atoms with Crippen LogP contribution in [-0.4, -0.2) is 5.48 Å². The first-order valence-corrected chi connectivity index (χ1v) is 5.93. The van der Waals surface area contributed by atoms with Crippen molar-refractivity contribution in [1.29, 1.82) is 0 Å². The molecule has 0 aliphatic heterocycles. The first-order chi connectivity index (χ1) is 6.88. The normalized spacial score (nSPS) is 19.3. The molecule has 1 heteroatoms. The summed E-state index contributed by atoms with van der Waals surface area (Å²) in [4.78, 5) is 0. The molecular formula is C14H22O. The van der Waals surface area contributed by atoms with Crippen LogP contribution in [-0.2, 0) is 0 Å². The maximum Gasteiger partial charge on any atom is -0.0162 e. The van der Waals surface area contributed by atoms with Crippen molar-refractivity contribution < 1.29 is 5.48 Å². The van der Waals surface area contributed by atoms with E-state index in [-0.39, 0.29) is 5.48 Å². The van der Waals surface area contributed by atoms with E-state index in [1.807, 2.05) is 0 Å². The first kappa shape index (κ1) is 12.3. The van der Waals surface area contributed by atoms with Crippen LogP contribution in [0.5, 0.6) is 0 Å². The Bertz CT molecular complexity index is 262. The lowest BCUT2D eigenvalue weighted by atomic mass is 9.78. The summed E-state index contributed by atoms with van der Waals surface area (Å²) in [6.45, 7) is 2.39. The summed E-state index contributed by atoms with van der Waals surface area (Å²) in [7, 11) is 0. The highest BCUT2D eigenvalue weighted by Gasteiger charge is 2.20. The molecule has 1 aromatic carbocycles.